The van der Waals surface area contributed by atoms with Crippen LogP contribution in [0.15, 0.2) is 23.0 Å². The Bertz CT molecular complexity index is 1190. The first kappa shape index (κ1) is 26.1. The molecule has 11 atom stereocenters. The Morgan fingerprint density at radius 3 is 2.26 bits per heavy atom. The molecule has 1 aromatic heterocycles. The third-order valence-corrected chi connectivity index (χ3v) is 12.1. The fourth-order valence-electron chi connectivity index (χ4n) is 10.6. The van der Waals surface area contributed by atoms with E-state index in [4.69, 9.17) is 18.6 Å². The molecule has 0 amide bonds. The second kappa shape index (κ2) is 7.72. The van der Waals surface area contributed by atoms with Crippen molar-refractivity contribution in [2.75, 3.05) is 0 Å². The molecule has 8 heteroatoms. The van der Waals surface area contributed by atoms with Gasteiger partial charge in [0.05, 0.1) is 24.5 Å². The smallest absolute Gasteiger partial charge is 0.302 e. The first-order valence-corrected chi connectivity index (χ1v) is 13.9. The van der Waals surface area contributed by atoms with Gasteiger partial charge in [0.25, 0.3) is 0 Å². The molecule has 3 unspecified atom stereocenters. The van der Waals surface area contributed by atoms with Crippen molar-refractivity contribution in [1.82, 2.24) is 0 Å². The lowest BCUT2D eigenvalue weighted by molar-refractivity contribution is -0.287. The summed E-state index contributed by atoms with van der Waals surface area (Å²) in [6.45, 7) is 13.4. The molecule has 0 bridgehead atoms. The summed E-state index contributed by atoms with van der Waals surface area (Å²) in [5.74, 6) is -1.21. The maximum Gasteiger partial charge on any atom is 0.302 e. The van der Waals surface area contributed by atoms with Gasteiger partial charge in [-0.1, -0.05) is 34.6 Å². The third kappa shape index (κ3) is 2.81. The summed E-state index contributed by atoms with van der Waals surface area (Å²) < 4.78 is 23.7. The minimum Gasteiger partial charge on any atom is -0.472 e. The number of rotatable bonds is 3. The molecular weight excluding hydrogens is 488 g/mol. The second-order valence-electron chi connectivity index (χ2n) is 13.8. The van der Waals surface area contributed by atoms with E-state index in [1.165, 1.54) is 13.8 Å². The van der Waals surface area contributed by atoms with Gasteiger partial charge in [0.2, 0.25) is 0 Å². The molecule has 2 heterocycles. The molecule has 1 spiro atoms. The fraction of sp³-hybridized carbons (Fsp3) is 0.767. The average molecular weight is 529 g/mol. The molecule has 0 radical (unpaired) electrons. The Kier molecular flexibility index (Phi) is 5.29. The van der Waals surface area contributed by atoms with Crippen LogP contribution in [0.25, 0.3) is 0 Å². The maximum atomic E-state index is 13.8. The molecule has 1 saturated heterocycles. The lowest BCUT2D eigenvalue weighted by Gasteiger charge is -2.70. The van der Waals surface area contributed by atoms with Gasteiger partial charge >= 0.3 is 11.9 Å². The molecule has 38 heavy (non-hydrogen) atoms. The van der Waals surface area contributed by atoms with Gasteiger partial charge in [-0.25, -0.2) is 0 Å². The van der Waals surface area contributed by atoms with Gasteiger partial charge in [-0.15, -0.1) is 0 Å². The van der Waals surface area contributed by atoms with E-state index in [-0.39, 0.29) is 35.5 Å². The van der Waals surface area contributed by atoms with E-state index < -0.39 is 51.7 Å². The number of ether oxygens (including phenoxy) is 3. The van der Waals surface area contributed by atoms with Crippen LogP contribution < -0.4 is 0 Å². The number of hydrogen-bond acceptors (Lipinski definition) is 8. The first-order chi connectivity index (χ1) is 17.7. The number of aliphatic hydroxyl groups excluding tert-OH is 1. The number of ketones is 1. The van der Waals surface area contributed by atoms with Crippen LogP contribution >= 0.6 is 0 Å². The van der Waals surface area contributed by atoms with Crippen molar-refractivity contribution < 1.29 is 38.1 Å². The number of aliphatic hydroxyl groups is 1. The Balaban J connectivity index is 1.48. The van der Waals surface area contributed by atoms with E-state index in [2.05, 4.69) is 34.6 Å². The lowest BCUT2D eigenvalue weighted by atomic mass is 9.35. The molecular formula is C30H40O8. The summed E-state index contributed by atoms with van der Waals surface area (Å²) in [6.07, 6.45) is 3.30. The number of fused-ring (bicyclic) bond motifs is 3. The molecule has 5 fully saturated rings. The molecule has 1 aliphatic heterocycles. The van der Waals surface area contributed by atoms with Gasteiger partial charge in [0.15, 0.2) is 5.78 Å². The SMILES string of the molecule is CC(=O)O[C@H]1C[C@@H](OC(C)=O)C(C)(C)[C@@H]2C[C@@H](O)C3(C)[C@H](CCC4(C)[C@H](c5ccoc5)C(=O)[C@@H]5OC543)[C@@]12C. The summed E-state index contributed by atoms with van der Waals surface area (Å²) >= 11 is 0. The van der Waals surface area contributed by atoms with Crippen LogP contribution in [0.2, 0.25) is 0 Å². The van der Waals surface area contributed by atoms with Crippen molar-refractivity contribution in [2.45, 2.75) is 110 Å². The van der Waals surface area contributed by atoms with E-state index >= 15 is 0 Å². The summed E-state index contributed by atoms with van der Waals surface area (Å²) in [7, 11) is 0. The maximum absolute atomic E-state index is 13.8. The normalized spacial score (nSPS) is 50.2. The predicted octanol–water partition coefficient (Wildman–Crippen LogP) is 4.19. The molecule has 6 rings (SSSR count). The van der Waals surface area contributed by atoms with Crippen molar-refractivity contribution in [2.24, 2.45) is 33.5 Å². The van der Waals surface area contributed by atoms with Crippen molar-refractivity contribution >= 4 is 17.7 Å². The summed E-state index contributed by atoms with van der Waals surface area (Å²) in [5, 5.41) is 12.1. The van der Waals surface area contributed by atoms with Crippen LogP contribution in [0.4, 0.5) is 0 Å². The van der Waals surface area contributed by atoms with Gasteiger partial charge < -0.3 is 23.7 Å². The highest BCUT2D eigenvalue weighted by atomic mass is 16.6. The topological polar surface area (TPSA) is 116 Å². The molecule has 1 aromatic rings. The Morgan fingerprint density at radius 2 is 1.66 bits per heavy atom. The zero-order valence-electron chi connectivity index (χ0n) is 23.4. The molecule has 0 aromatic carbocycles. The highest BCUT2D eigenvalue weighted by Gasteiger charge is 2.90. The highest BCUT2D eigenvalue weighted by Crippen LogP contribution is 2.82. The van der Waals surface area contributed by atoms with Crippen LogP contribution in [0.3, 0.4) is 0 Å². The van der Waals surface area contributed by atoms with E-state index in [0.717, 1.165) is 18.4 Å². The number of Topliss-reactive ketones (excluding diaryl/α,β-unsaturated/α-hetero) is 1. The predicted molar refractivity (Wildman–Crippen MR) is 135 cm³/mol. The zero-order chi connectivity index (χ0) is 27.6. The van der Waals surface area contributed by atoms with Gasteiger partial charge in [-0.05, 0) is 37.2 Å². The van der Waals surface area contributed by atoms with Crippen molar-refractivity contribution in [3.05, 3.63) is 24.2 Å². The third-order valence-electron chi connectivity index (χ3n) is 12.1. The summed E-state index contributed by atoms with van der Waals surface area (Å²) in [6, 6.07) is 1.87. The van der Waals surface area contributed by atoms with E-state index in [1.807, 2.05) is 6.07 Å². The van der Waals surface area contributed by atoms with Crippen molar-refractivity contribution in [3.63, 3.8) is 0 Å². The van der Waals surface area contributed by atoms with E-state index in [9.17, 15) is 19.5 Å². The fourth-order valence-corrected chi connectivity index (χ4v) is 10.6. The minimum absolute atomic E-state index is 0.0608. The largest absolute Gasteiger partial charge is 0.472 e. The standard InChI is InChI=1S/C30H40O8/c1-15(31)36-21-13-22(37-16(2)32)28(6)18-8-10-27(5)23(17-9-11-35-14-17)24(34)25-30(27,38-25)29(18,7)20(33)12-19(28)26(21,3)4/h9,11,14,18-23,25,33H,8,10,12-13H2,1-7H3/t18-,19+,20-,21-,22+,23-,25+,27?,28-,29?,30?/m1/s1. The Hall–Kier alpha value is -2.19. The van der Waals surface area contributed by atoms with Gasteiger partial charge in [0, 0.05) is 47.5 Å². The van der Waals surface area contributed by atoms with Crippen LogP contribution in [-0.4, -0.2) is 52.8 Å². The quantitative estimate of drug-likeness (QED) is 0.459. The van der Waals surface area contributed by atoms with Crippen LogP contribution in [0, 0.1) is 33.5 Å². The minimum atomic E-state index is -0.813. The molecule has 208 valence electrons. The number of furan rings is 1. The van der Waals surface area contributed by atoms with Gasteiger partial charge in [-0.3, -0.25) is 14.4 Å². The van der Waals surface area contributed by atoms with Gasteiger partial charge in [0.1, 0.15) is 23.9 Å². The van der Waals surface area contributed by atoms with Gasteiger partial charge in [-0.2, -0.15) is 0 Å². The zero-order valence-corrected chi connectivity index (χ0v) is 23.4. The van der Waals surface area contributed by atoms with Crippen LogP contribution in [0.1, 0.15) is 85.6 Å². The highest BCUT2D eigenvalue weighted by molar-refractivity contribution is 5.98. The first-order valence-electron chi connectivity index (χ1n) is 13.9. The molecule has 4 aliphatic carbocycles. The number of carbonyl (C=O) groups is 3. The van der Waals surface area contributed by atoms with Crippen molar-refractivity contribution in [1.29, 1.82) is 0 Å². The van der Waals surface area contributed by atoms with E-state index in [0.29, 0.717) is 12.8 Å². The average Bonchev–Trinajstić information content (AvgIpc) is 3.30. The number of carbonyl (C=O) groups excluding carboxylic acids is 3. The van der Waals surface area contributed by atoms with Crippen molar-refractivity contribution in [3.8, 4) is 0 Å². The number of esters is 2. The van der Waals surface area contributed by atoms with E-state index in [1.54, 1.807) is 12.5 Å². The molecule has 1 N–H and O–H groups in total. The lowest BCUT2D eigenvalue weighted by Crippen LogP contribution is -2.73. The number of hydrogen-bond donors (Lipinski definition) is 1. The summed E-state index contributed by atoms with van der Waals surface area (Å²) in [5.41, 5.74) is -2.19. The molecule has 5 aliphatic rings. The molecule has 8 nitrogen and oxygen atoms in total. The molecule has 4 saturated carbocycles. The Labute approximate surface area is 223 Å². The second-order valence-corrected chi connectivity index (χ2v) is 13.8. The van der Waals surface area contributed by atoms with Crippen LogP contribution in [0.5, 0.6) is 0 Å². The Morgan fingerprint density at radius 1 is 1.00 bits per heavy atom. The number of epoxide rings is 1. The van der Waals surface area contributed by atoms with Crippen LogP contribution in [-0.2, 0) is 28.6 Å². The monoisotopic (exact) mass is 528 g/mol. The summed E-state index contributed by atoms with van der Waals surface area (Å²) in [4.78, 5) is 38.2.